The fraction of sp³-hybridized carbons (Fsp3) is 0.500. The fourth-order valence-electron chi connectivity index (χ4n) is 4.10. The zero-order valence-corrected chi connectivity index (χ0v) is 18.1. The highest BCUT2D eigenvalue weighted by atomic mass is 32.1. The van der Waals surface area contributed by atoms with Gasteiger partial charge < -0.3 is 15.1 Å². The summed E-state index contributed by atoms with van der Waals surface area (Å²) in [6.07, 6.45) is 5.65. The molecule has 0 bridgehead atoms. The lowest BCUT2D eigenvalue weighted by molar-refractivity contribution is -0.0550. The lowest BCUT2D eigenvalue weighted by atomic mass is 10.1. The second kappa shape index (κ2) is 8.66. The van der Waals surface area contributed by atoms with E-state index >= 15 is 0 Å². The van der Waals surface area contributed by atoms with Crippen molar-refractivity contribution in [3.8, 4) is 11.3 Å². The van der Waals surface area contributed by atoms with Crippen LogP contribution in [0.1, 0.15) is 24.1 Å². The molecule has 2 N–H and O–H groups in total. The number of rotatable bonds is 6. The number of nitrogens with one attached hydrogen (secondary N) is 2. The molecule has 0 amide bonds. The molecule has 3 aromatic heterocycles. The maximum absolute atomic E-state index is 13.4. The average molecular weight is 465 g/mol. The number of aromatic amines is 1. The van der Waals surface area contributed by atoms with E-state index in [0.717, 1.165) is 66.8 Å². The molecule has 3 aromatic rings. The summed E-state index contributed by atoms with van der Waals surface area (Å²) in [5, 5.41) is 11.1. The number of piperidine rings is 1. The summed E-state index contributed by atoms with van der Waals surface area (Å²) < 4.78 is 39.7. The molecule has 32 heavy (non-hydrogen) atoms. The Morgan fingerprint density at radius 1 is 1.12 bits per heavy atom. The normalized spacial score (nSPS) is 18.2. The highest BCUT2D eigenvalue weighted by molar-refractivity contribution is 7.16. The smallest absolute Gasteiger partial charge is 0.250 e. The summed E-state index contributed by atoms with van der Waals surface area (Å²) in [4.78, 5) is 18.0. The number of anilines is 3. The molecule has 5 heterocycles. The Morgan fingerprint density at radius 2 is 1.91 bits per heavy atom. The van der Waals surface area contributed by atoms with Gasteiger partial charge in [-0.15, -0.1) is 11.3 Å². The lowest BCUT2D eigenvalue weighted by Crippen LogP contribution is -2.40. The van der Waals surface area contributed by atoms with Crippen LogP contribution in [-0.4, -0.2) is 68.7 Å². The zero-order chi connectivity index (χ0) is 22.1. The molecule has 1 saturated heterocycles. The first kappa shape index (κ1) is 21.1. The minimum atomic E-state index is -2.51. The second-order valence-electron chi connectivity index (χ2n) is 8.05. The zero-order valence-electron chi connectivity index (χ0n) is 17.3. The summed E-state index contributed by atoms with van der Waals surface area (Å²) in [5.74, 6) is -1.86. The van der Waals surface area contributed by atoms with Gasteiger partial charge in [0.25, 0.3) is 5.92 Å². The van der Waals surface area contributed by atoms with E-state index in [9.17, 15) is 13.2 Å². The third-order valence-electron chi connectivity index (χ3n) is 5.81. The number of fused-ring (bicyclic) bond motifs is 3. The standard InChI is InChI=1S/C20H23F3N8S/c21-13-10-24-18(25-11-13)28-19-27-16-14-12-26-29-17(14)31(7-2-15(16)32-19)6-1-5-30-8-3-20(22,23)4-9-30/h10-12H,1-9H2,(H,26,29)(H,24,25,27,28). The van der Waals surface area contributed by atoms with E-state index in [0.29, 0.717) is 24.2 Å². The molecule has 0 aliphatic carbocycles. The van der Waals surface area contributed by atoms with Crippen molar-refractivity contribution < 1.29 is 13.2 Å². The van der Waals surface area contributed by atoms with Crippen molar-refractivity contribution in [2.75, 3.05) is 42.9 Å². The summed E-state index contributed by atoms with van der Waals surface area (Å²) in [5.41, 5.74) is 1.79. The second-order valence-corrected chi connectivity index (χ2v) is 9.14. The van der Waals surface area contributed by atoms with Gasteiger partial charge in [0.05, 0.1) is 23.7 Å². The molecule has 0 unspecified atom stereocenters. The number of H-pyrrole nitrogens is 1. The summed E-state index contributed by atoms with van der Waals surface area (Å²) in [6, 6.07) is 0. The Morgan fingerprint density at radius 3 is 2.69 bits per heavy atom. The van der Waals surface area contributed by atoms with E-state index in [1.54, 1.807) is 0 Å². The molecule has 0 radical (unpaired) electrons. The Kier molecular flexibility index (Phi) is 5.72. The molecule has 12 heteroatoms. The number of halogens is 3. The number of aromatic nitrogens is 5. The van der Waals surface area contributed by atoms with Crippen LogP contribution in [0.2, 0.25) is 0 Å². The maximum Gasteiger partial charge on any atom is 0.250 e. The molecular weight excluding hydrogens is 441 g/mol. The monoisotopic (exact) mass is 464 g/mol. The lowest BCUT2D eigenvalue weighted by Gasteiger charge is -2.32. The van der Waals surface area contributed by atoms with Crippen LogP contribution < -0.4 is 10.2 Å². The molecule has 0 atom stereocenters. The van der Waals surface area contributed by atoms with E-state index in [1.165, 1.54) is 11.3 Å². The van der Waals surface area contributed by atoms with E-state index in [1.807, 2.05) is 6.20 Å². The highest BCUT2D eigenvalue weighted by Crippen LogP contribution is 2.39. The van der Waals surface area contributed by atoms with Crippen LogP contribution in [0.5, 0.6) is 0 Å². The van der Waals surface area contributed by atoms with Gasteiger partial charge in [-0.05, 0) is 13.0 Å². The Hall–Kier alpha value is -2.73. The number of hydrogen-bond acceptors (Lipinski definition) is 8. The Balaban J connectivity index is 1.24. The van der Waals surface area contributed by atoms with E-state index in [2.05, 4.69) is 35.3 Å². The van der Waals surface area contributed by atoms with Crippen LogP contribution in [-0.2, 0) is 6.42 Å². The fourth-order valence-corrected chi connectivity index (χ4v) is 5.06. The summed E-state index contributed by atoms with van der Waals surface area (Å²) >= 11 is 1.52. The van der Waals surface area contributed by atoms with Gasteiger partial charge in [0.15, 0.2) is 16.8 Å². The number of alkyl halides is 2. The van der Waals surface area contributed by atoms with E-state index in [4.69, 9.17) is 4.98 Å². The number of nitrogens with zero attached hydrogens (tertiary/aromatic N) is 6. The number of likely N-dealkylation sites (tertiary alicyclic amines) is 1. The molecule has 8 nitrogen and oxygen atoms in total. The van der Waals surface area contributed by atoms with Crippen LogP contribution in [0, 0.1) is 5.82 Å². The van der Waals surface area contributed by atoms with Crippen molar-refractivity contribution in [3.05, 3.63) is 29.3 Å². The van der Waals surface area contributed by atoms with Crippen LogP contribution in [0.4, 0.5) is 30.1 Å². The molecule has 5 rings (SSSR count). The van der Waals surface area contributed by atoms with Crippen LogP contribution >= 0.6 is 11.3 Å². The number of thiazole rings is 1. The summed E-state index contributed by atoms with van der Waals surface area (Å²) in [7, 11) is 0. The summed E-state index contributed by atoms with van der Waals surface area (Å²) in [6.45, 7) is 3.30. The predicted octanol–water partition coefficient (Wildman–Crippen LogP) is 3.69. The first-order valence-corrected chi connectivity index (χ1v) is 11.4. The Bertz CT molecular complexity index is 1060. The van der Waals surface area contributed by atoms with Gasteiger partial charge in [0, 0.05) is 56.5 Å². The molecule has 2 aliphatic heterocycles. The van der Waals surface area contributed by atoms with Gasteiger partial charge >= 0.3 is 0 Å². The quantitative estimate of drug-likeness (QED) is 0.576. The van der Waals surface area contributed by atoms with Crippen molar-refractivity contribution in [1.82, 2.24) is 30.0 Å². The molecular formula is C20H23F3N8S. The van der Waals surface area contributed by atoms with E-state index < -0.39 is 11.7 Å². The van der Waals surface area contributed by atoms with Gasteiger partial charge in [-0.25, -0.2) is 28.1 Å². The minimum absolute atomic E-state index is 0.0502. The molecule has 170 valence electrons. The van der Waals surface area contributed by atoms with Crippen molar-refractivity contribution in [2.45, 2.75) is 31.6 Å². The first-order chi connectivity index (χ1) is 15.5. The van der Waals surface area contributed by atoms with Gasteiger partial charge in [-0.3, -0.25) is 5.10 Å². The van der Waals surface area contributed by atoms with Crippen molar-refractivity contribution in [1.29, 1.82) is 0 Å². The SMILES string of the molecule is Fc1cnc(Nc2nc3c(s2)CCN(CCCN2CCC(F)(F)CC2)c2n[nH]cc2-3)nc1. The average Bonchev–Trinajstić information content (AvgIpc) is 3.38. The van der Waals surface area contributed by atoms with Gasteiger partial charge in [-0.2, -0.15) is 5.10 Å². The van der Waals surface area contributed by atoms with Gasteiger partial charge in [-0.1, -0.05) is 0 Å². The highest BCUT2D eigenvalue weighted by Gasteiger charge is 2.33. The largest absolute Gasteiger partial charge is 0.354 e. The molecule has 1 fully saturated rings. The van der Waals surface area contributed by atoms with E-state index in [-0.39, 0.29) is 12.8 Å². The van der Waals surface area contributed by atoms with Crippen LogP contribution in [0.15, 0.2) is 18.6 Å². The Labute approximate surface area is 186 Å². The third-order valence-corrected chi connectivity index (χ3v) is 6.84. The molecule has 0 spiro atoms. The van der Waals surface area contributed by atoms with Crippen LogP contribution in [0.25, 0.3) is 11.3 Å². The third kappa shape index (κ3) is 4.56. The number of hydrogen-bond donors (Lipinski definition) is 2. The van der Waals surface area contributed by atoms with Gasteiger partial charge in [0.2, 0.25) is 5.95 Å². The van der Waals surface area contributed by atoms with Gasteiger partial charge in [0.1, 0.15) is 0 Å². The van der Waals surface area contributed by atoms with Crippen LogP contribution in [0.3, 0.4) is 0 Å². The predicted molar refractivity (Wildman–Crippen MR) is 116 cm³/mol. The topological polar surface area (TPSA) is 85.9 Å². The van der Waals surface area contributed by atoms with Crippen molar-refractivity contribution in [3.63, 3.8) is 0 Å². The molecule has 0 saturated carbocycles. The van der Waals surface area contributed by atoms with Crippen molar-refractivity contribution in [2.24, 2.45) is 0 Å². The maximum atomic E-state index is 13.4. The minimum Gasteiger partial charge on any atom is -0.354 e. The molecule has 0 aromatic carbocycles. The molecule has 2 aliphatic rings. The first-order valence-electron chi connectivity index (χ1n) is 10.6. The van der Waals surface area contributed by atoms with Crippen molar-refractivity contribution >= 4 is 28.2 Å².